The molecule has 0 saturated carbocycles. The van der Waals surface area contributed by atoms with Crippen LogP contribution >= 0.6 is 11.3 Å². The summed E-state index contributed by atoms with van der Waals surface area (Å²) in [4.78, 5) is 15.0. The van der Waals surface area contributed by atoms with Gasteiger partial charge in [0.05, 0.1) is 16.9 Å². The van der Waals surface area contributed by atoms with Gasteiger partial charge in [-0.05, 0) is 19.1 Å². The predicted molar refractivity (Wildman–Crippen MR) is 62.1 cm³/mol. The number of allylic oxidation sites excluding steroid dienone is 1. The molecule has 5 nitrogen and oxygen atoms in total. The average Bonchev–Trinajstić information content (AvgIpc) is 2.86. The van der Waals surface area contributed by atoms with Crippen molar-refractivity contribution in [3.8, 4) is 5.69 Å². The van der Waals surface area contributed by atoms with Crippen molar-refractivity contribution in [1.82, 2.24) is 9.55 Å². The number of hydrogen-bond acceptors (Lipinski definition) is 4. The number of hydrogen-bond donors (Lipinski definition) is 0. The Kier molecular flexibility index (Phi) is 2.82. The SMILES string of the molecule is CC=C(c1cc(-n2ccnc2)cs1)[N+](=O)[O-]. The number of nitrogens with zero attached hydrogens (tertiary/aromatic N) is 3. The highest BCUT2D eigenvalue weighted by Gasteiger charge is 2.15. The second kappa shape index (κ2) is 4.28. The van der Waals surface area contributed by atoms with E-state index >= 15 is 0 Å². The summed E-state index contributed by atoms with van der Waals surface area (Å²) in [6.45, 7) is 1.66. The summed E-state index contributed by atoms with van der Waals surface area (Å²) >= 11 is 1.35. The largest absolute Gasteiger partial charge is 0.305 e. The number of thiophene rings is 1. The first-order valence-electron chi connectivity index (χ1n) is 4.60. The van der Waals surface area contributed by atoms with Crippen LogP contribution in [0.15, 0.2) is 36.2 Å². The van der Waals surface area contributed by atoms with Gasteiger partial charge in [0.15, 0.2) is 0 Å². The molecule has 2 heterocycles. The van der Waals surface area contributed by atoms with Gasteiger partial charge in [0, 0.05) is 17.8 Å². The van der Waals surface area contributed by atoms with Crippen LogP contribution in [0.25, 0.3) is 11.4 Å². The quantitative estimate of drug-likeness (QED) is 0.606. The summed E-state index contributed by atoms with van der Waals surface area (Å²) in [7, 11) is 0. The maximum Gasteiger partial charge on any atom is 0.282 e. The number of rotatable bonds is 3. The molecular weight excluding hydrogens is 226 g/mol. The molecule has 0 spiro atoms. The van der Waals surface area contributed by atoms with Gasteiger partial charge < -0.3 is 4.57 Å². The van der Waals surface area contributed by atoms with E-state index in [-0.39, 0.29) is 10.6 Å². The molecule has 16 heavy (non-hydrogen) atoms. The van der Waals surface area contributed by atoms with Gasteiger partial charge in [-0.1, -0.05) is 0 Å². The van der Waals surface area contributed by atoms with Gasteiger partial charge in [-0.2, -0.15) is 0 Å². The van der Waals surface area contributed by atoms with Crippen LogP contribution in [-0.4, -0.2) is 14.5 Å². The van der Waals surface area contributed by atoms with Crippen molar-refractivity contribution in [2.75, 3.05) is 0 Å². The van der Waals surface area contributed by atoms with Crippen LogP contribution in [0.5, 0.6) is 0 Å². The second-order valence-corrected chi connectivity index (χ2v) is 3.98. The Labute approximate surface area is 95.8 Å². The molecule has 82 valence electrons. The number of aromatic nitrogens is 2. The van der Waals surface area contributed by atoms with E-state index in [4.69, 9.17) is 0 Å². The van der Waals surface area contributed by atoms with Crippen molar-refractivity contribution < 1.29 is 4.92 Å². The van der Waals surface area contributed by atoms with E-state index in [1.54, 1.807) is 31.7 Å². The summed E-state index contributed by atoms with van der Waals surface area (Å²) in [5, 5.41) is 12.6. The lowest BCUT2D eigenvalue weighted by Gasteiger charge is -1.94. The third-order valence-corrected chi connectivity index (χ3v) is 3.05. The molecule has 2 rings (SSSR count). The fourth-order valence-electron chi connectivity index (χ4n) is 1.35. The van der Waals surface area contributed by atoms with Crippen LogP contribution in [0, 0.1) is 10.1 Å². The molecule has 0 amide bonds. The van der Waals surface area contributed by atoms with Crippen LogP contribution in [0.3, 0.4) is 0 Å². The Morgan fingerprint density at radius 3 is 3.06 bits per heavy atom. The Balaban J connectivity index is 2.37. The summed E-state index contributed by atoms with van der Waals surface area (Å²) in [5.74, 6) is 0. The molecule has 0 aliphatic carbocycles. The zero-order valence-corrected chi connectivity index (χ0v) is 9.35. The summed E-state index contributed by atoms with van der Waals surface area (Å²) in [6.07, 6.45) is 6.63. The lowest BCUT2D eigenvalue weighted by Crippen LogP contribution is -1.95. The first-order chi connectivity index (χ1) is 7.72. The van der Waals surface area contributed by atoms with Gasteiger partial charge in [-0.3, -0.25) is 10.1 Å². The molecule has 0 unspecified atom stereocenters. The van der Waals surface area contributed by atoms with Crippen LogP contribution in [0.1, 0.15) is 11.8 Å². The van der Waals surface area contributed by atoms with E-state index in [0.717, 1.165) is 5.69 Å². The molecule has 0 N–H and O–H groups in total. The van der Waals surface area contributed by atoms with E-state index in [1.807, 2.05) is 9.95 Å². The van der Waals surface area contributed by atoms with Crippen molar-refractivity contribution in [3.05, 3.63) is 51.2 Å². The standard InChI is InChI=1S/C10H9N3O2S/c1-2-9(13(14)15)10-5-8(6-16-10)12-4-3-11-7-12/h2-7H,1H3. The average molecular weight is 235 g/mol. The predicted octanol–water partition coefficient (Wildman–Crippen LogP) is 2.57. The highest BCUT2D eigenvalue weighted by molar-refractivity contribution is 7.11. The van der Waals surface area contributed by atoms with Crippen LogP contribution in [0.4, 0.5) is 0 Å². The fourth-order valence-corrected chi connectivity index (χ4v) is 2.28. The molecule has 2 aromatic rings. The fraction of sp³-hybridized carbons (Fsp3) is 0.100. The molecule has 0 atom stereocenters. The van der Waals surface area contributed by atoms with E-state index in [0.29, 0.717) is 4.88 Å². The van der Waals surface area contributed by atoms with Crippen molar-refractivity contribution in [1.29, 1.82) is 0 Å². The van der Waals surface area contributed by atoms with Crippen LogP contribution in [-0.2, 0) is 0 Å². The van der Waals surface area contributed by atoms with Gasteiger partial charge >= 0.3 is 0 Å². The first-order valence-corrected chi connectivity index (χ1v) is 5.48. The maximum atomic E-state index is 10.8. The minimum absolute atomic E-state index is 0.136. The van der Waals surface area contributed by atoms with E-state index in [9.17, 15) is 10.1 Å². The lowest BCUT2D eigenvalue weighted by molar-refractivity contribution is -0.375. The Bertz CT molecular complexity index is 528. The van der Waals surface area contributed by atoms with Crippen LogP contribution in [0.2, 0.25) is 0 Å². The van der Waals surface area contributed by atoms with Gasteiger partial charge in [-0.25, -0.2) is 4.98 Å². The Morgan fingerprint density at radius 1 is 1.69 bits per heavy atom. The summed E-state index contributed by atoms with van der Waals surface area (Å²) in [5.41, 5.74) is 1.02. The van der Waals surface area contributed by atoms with Gasteiger partial charge in [0.1, 0.15) is 4.88 Å². The van der Waals surface area contributed by atoms with Crippen LogP contribution < -0.4 is 0 Å². The van der Waals surface area contributed by atoms with Gasteiger partial charge in [0.2, 0.25) is 0 Å². The maximum absolute atomic E-state index is 10.8. The molecule has 0 aliphatic rings. The normalized spacial score (nSPS) is 11.7. The molecular formula is C10H9N3O2S. The van der Waals surface area contributed by atoms with Crippen molar-refractivity contribution in [2.45, 2.75) is 6.92 Å². The monoisotopic (exact) mass is 235 g/mol. The molecule has 0 saturated heterocycles. The Hall–Kier alpha value is -1.95. The third-order valence-electron chi connectivity index (χ3n) is 2.11. The highest BCUT2D eigenvalue weighted by Crippen LogP contribution is 2.25. The number of imidazole rings is 1. The van der Waals surface area contributed by atoms with Gasteiger partial charge in [-0.15, -0.1) is 11.3 Å². The molecule has 0 radical (unpaired) electrons. The summed E-state index contributed by atoms with van der Waals surface area (Å²) < 4.78 is 1.81. The molecule has 0 bridgehead atoms. The lowest BCUT2D eigenvalue weighted by atomic mass is 10.3. The van der Waals surface area contributed by atoms with E-state index in [1.165, 1.54) is 17.4 Å². The van der Waals surface area contributed by atoms with Crippen molar-refractivity contribution >= 4 is 17.0 Å². The number of nitro groups is 1. The summed E-state index contributed by atoms with van der Waals surface area (Å²) in [6, 6.07) is 1.78. The zero-order valence-electron chi connectivity index (χ0n) is 8.53. The van der Waals surface area contributed by atoms with Crippen molar-refractivity contribution in [2.24, 2.45) is 0 Å². The van der Waals surface area contributed by atoms with E-state index < -0.39 is 0 Å². The third kappa shape index (κ3) is 1.87. The minimum atomic E-state index is -0.372. The smallest absolute Gasteiger partial charge is 0.282 e. The molecule has 0 aliphatic heterocycles. The molecule has 0 fully saturated rings. The van der Waals surface area contributed by atoms with Gasteiger partial charge in [0.25, 0.3) is 5.70 Å². The highest BCUT2D eigenvalue weighted by atomic mass is 32.1. The second-order valence-electron chi connectivity index (χ2n) is 3.07. The molecule has 0 aromatic carbocycles. The topological polar surface area (TPSA) is 61.0 Å². The minimum Gasteiger partial charge on any atom is -0.305 e. The Morgan fingerprint density at radius 2 is 2.50 bits per heavy atom. The zero-order chi connectivity index (χ0) is 11.5. The first kappa shape index (κ1) is 10.6. The molecule has 2 aromatic heterocycles. The van der Waals surface area contributed by atoms with E-state index in [2.05, 4.69) is 4.98 Å². The van der Waals surface area contributed by atoms with Crippen molar-refractivity contribution in [3.63, 3.8) is 0 Å². The molecule has 6 heteroatoms.